The number of methoxy groups -OCH3 is 1. The molecule has 0 aliphatic carbocycles. The minimum absolute atomic E-state index is 0.0730. The monoisotopic (exact) mass is 303 g/mol. The smallest absolute Gasteiger partial charge is 0.161 e. The summed E-state index contributed by atoms with van der Waals surface area (Å²) in [5, 5.41) is 0.368. The third-order valence-electron chi connectivity index (χ3n) is 3.27. The van der Waals surface area contributed by atoms with E-state index in [0.717, 1.165) is 17.0 Å². The molecule has 21 heavy (non-hydrogen) atoms. The van der Waals surface area contributed by atoms with Crippen molar-refractivity contribution in [2.45, 2.75) is 6.54 Å². The molecule has 0 radical (unpaired) electrons. The number of halogens is 1. The molecule has 2 heterocycles. The van der Waals surface area contributed by atoms with E-state index in [1.165, 1.54) is 0 Å². The van der Waals surface area contributed by atoms with Crippen LogP contribution < -0.4 is 9.64 Å². The number of rotatable bonds is 4. The summed E-state index contributed by atoms with van der Waals surface area (Å²) in [5.41, 5.74) is 3.13. The zero-order valence-corrected chi connectivity index (χ0v) is 12.5. The van der Waals surface area contributed by atoms with E-state index in [1.807, 2.05) is 36.2 Å². The first kappa shape index (κ1) is 12.5. The van der Waals surface area contributed by atoms with Crippen molar-refractivity contribution in [2.75, 3.05) is 19.1 Å². The Bertz CT molecular complexity index is 803. The summed E-state index contributed by atoms with van der Waals surface area (Å²) >= 11 is 6.06. The van der Waals surface area contributed by atoms with Crippen LogP contribution in [0.1, 0.15) is 6.93 Å². The van der Waals surface area contributed by atoms with Gasteiger partial charge < -0.3 is 14.6 Å². The first-order chi connectivity index (χ1) is 10.6. The van der Waals surface area contributed by atoms with Crippen LogP contribution in [0.5, 0.6) is 5.75 Å². The maximum Gasteiger partial charge on any atom is 0.161 e. The molecule has 3 rings (SSSR count). The Kier molecular flexibility index (Phi) is 3.33. The van der Waals surface area contributed by atoms with E-state index in [4.69, 9.17) is 17.7 Å². The van der Waals surface area contributed by atoms with Crippen LogP contribution in [0.25, 0.3) is 11.2 Å². The van der Waals surface area contributed by atoms with E-state index >= 15 is 0 Å². The van der Waals surface area contributed by atoms with Gasteiger partial charge in [0.2, 0.25) is 0 Å². The molecule has 0 aliphatic heterocycles. The number of nitrogens with one attached hydrogen (secondary N) is 1. The van der Waals surface area contributed by atoms with Gasteiger partial charge in [-0.05, 0) is 17.7 Å². The first-order valence-electron chi connectivity index (χ1n) is 6.94. The molecule has 0 amide bonds. The molecule has 1 N–H and O–H groups in total. The van der Waals surface area contributed by atoms with Gasteiger partial charge in [-0.3, -0.25) is 0 Å². The number of H-pyrrole nitrogens is 1. The Morgan fingerprint density at radius 3 is 2.86 bits per heavy atom. The van der Waals surface area contributed by atoms with E-state index < -0.39 is 0 Å². The van der Waals surface area contributed by atoms with Crippen LogP contribution in [0.2, 0.25) is 5.15 Å². The molecule has 0 fully saturated rings. The van der Waals surface area contributed by atoms with Crippen LogP contribution in [-0.4, -0.2) is 29.1 Å². The highest BCUT2D eigenvalue weighted by Gasteiger charge is 2.11. The molecule has 0 saturated heterocycles. The fraction of sp³-hybridized carbons (Fsp3) is 0.200. The second kappa shape index (κ2) is 5.61. The minimum Gasteiger partial charge on any atom is -0.497 e. The molecule has 108 valence electrons. The SMILES string of the molecule is [2H]c1nc2c(N(C)Cc3ccc(OC)cc3)cc(Cl)nc2[nH]1. The summed E-state index contributed by atoms with van der Waals surface area (Å²) in [5.74, 6) is 0.826. The number of hydrogen-bond acceptors (Lipinski definition) is 4. The Morgan fingerprint density at radius 1 is 1.38 bits per heavy atom. The maximum atomic E-state index is 7.62. The van der Waals surface area contributed by atoms with Crippen molar-refractivity contribution in [1.29, 1.82) is 0 Å². The summed E-state index contributed by atoms with van der Waals surface area (Å²) in [6, 6.07) is 9.63. The van der Waals surface area contributed by atoms with Gasteiger partial charge in [-0.25, -0.2) is 9.97 Å². The van der Waals surface area contributed by atoms with Gasteiger partial charge in [0.25, 0.3) is 0 Å². The quantitative estimate of drug-likeness (QED) is 0.752. The largest absolute Gasteiger partial charge is 0.497 e. The van der Waals surface area contributed by atoms with Gasteiger partial charge in [-0.15, -0.1) is 0 Å². The molecular weight excluding hydrogens is 288 g/mol. The lowest BCUT2D eigenvalue weighted by molar-refractivity contribution is 0.414. The topological polar surface area (TPSA) is 54.0 Å². The standard InChI is InChI=1S/C15H15ClN4O/c1-20(8-10-3-5-11(21-2)6-4-10)12-7-13(16)19-15-14(12)17-9-18-15/h3-7,9H,8H2,1-2H3,(H,17,18,19)/i9D. The zero-order valence-electron chi connectivity index (χ0n) is 12.7. The molecule has 0 atom stereocenters. The highest BCUT2D eigenvalue weighted by molar-refractivity contribution is 6.30. The van der Waals surface area contributed by atoms with Crippen LogP contribution >= 0.6 is 11.6 Å². The van der Waals surface area contributed by atoms with Gasteiger partial charge in [-0.1, -0.05) is 23.7 Å². The number of nitrogens with zero attached hydrogens (tertiary/aromatic N) is 3. The zero-order chi connectivity index (χ0) is 15.7. The molecule has 2 aromatic heterocycles. The number of pyridine rings is 1. The average Bonchev–Trinajstić information content (AvgIpc) is 2.87. The number of benzene rings is 1. The third kappa shape index (κ3) is 2.78. The number of fused-ring (bicyclic) bond motifs is 1. The van der Waals surface area contributed by atoms with E-state index in [2.05, 4.69) is 15.0 Å². The molecule has 0 aliphatic rings. The number of hydrogen-bond donors (Lipinski definition) is 1. The normalized spacial score (nSPS) is 11.5. The fourth-order valence-corrected chi connectivity index (χ4v) is 2.40. The summed E-state index contributed by atoms with van der Waals surface area (Å²) < 4.78 is 12.8. The van der Waals surface area contributed by atoms with Gasteiger partial charge in [-0.2, -0.15) is 0 Å². The highest BCUT2D eigenvalue weighted by atomic mass is 35.5. The molecule has 1 aromatic carbocycles. The van der Waals surface area contributed by atoms with E-state index in [1.54, 1.807) is 13.2 Å². The molecule has 5 nitrogen and oxygen atoms in total. The molecular formula is C15H15ClN4O. The first-order valence-corrected chi connectivity index (χ1v) is 6.81. The van der Waals surface area contributed by atoms with Crippen LogP contribution in [0.4, 0.5) is 5.69 Å². The Labute approximate surface area is 128 Å². The van der Waals surface area contributed by atoms with E-state index in [9.17, 15) is 0 Å². The predicted molar refractivity (Wildman–Crippen MR) is 84.0 cm³/mol. The van der Waals surface area contributed by atoms with Crippen LogP contribution in [0.15, 0.2) is 36.6 Å². The lowest BCUT2D eigenvalue weighted by Gasteiger charge is -2.20. The lowest BCUT2D eigenvalue weighted by Crippen LogP contribution is -2.17. The number of imidazole rings is 1. The minimum atomic E-state index is 0.0730. The summed E-state index contributed by atoms with van der Waals surface area (Å²) in [7, 11) is 3.60. The average molecular weight is 304 g/mol. The van der Waals surface area contributed by atoms with Crippen molar-refractivity contribution in [3.63, 3.8) is 0 Å². The number of aromatic nitrogens is 3. The van der Waals surface area contributed by atoms with Crippen molar-refractivity contribution < 1.29 is 6.11 Å². The Morgan fingerprint density at radius 2 is 2.14 bits per heavy atom. The summed E-state index contributed by atoms with van der Waals surface area (Å²) in [6.07, 6.45) is 0.0730. The van der Waals surface area contributed by atoms with E-state index in [-0.39, 0.29) is 6.30 Å². The molecule has 0 unspecified atom stereocenters. The molecule has 0 spiro atoms. The molecule has 0 saturated carbocycles. The number of ether oxygens (including phenoxy) is 1. The number of aromatic amines is 1. The van der Waals surface area contributed by atoms with E-state index in [0.29, 0.717) is 22.9 Å². The molecule has 0 bridgehead atoms. The Hall–Kier alpha value is -2.27. The molecule has 6 heteroatoms. The third-order valence-corrected chi connectivity index (χ3v) is 3.47. The maximum absolute atomic E-state index is 7.62. The lowest BCUT2D eigenvalue weighted by atomic mass is 10.2. The second-order valence-corrected chi connectivity index (χ2v) is 5.10. The van der Waals surface area contributed by atoms with Gasteiger partial charge in [0.05, 0.1) is 19.1 Å². The van der Waals surface area contributed by atoms with Crippen molar-refractivity contribution in [3.8, 4) is 5.75 Å². The van der Waals surface area contributed by atoms with Crippen molar-refractivity contribution >= 4 is 28.5 Å². The van der Waals surface area contributed by atoms with Crippen LogP contribution in [0.3, 0.4) is 0 Å². The number of anilines is 1. The van der Waals surface area contributed by atoms with Gasteiger partial charge in [0, 0.05) is 19.7 Å². The van der Waals surface area contributed by atoms with Crippen LogP contribution in [-0.2, 0) is 6.54 Å². The highest BCUT2D eigenvalue weighted by Crippen LogP contribution is 2.26. The predicted octanol–water partition coefficient (Wildman–Crippen LogP) is 3.26. The van der Waals surface area contributed by atoms with Crippen molar-refractivity contribution in [1.82, 2.24) is 15.0 Å². The molecule has 3 aromatic rings. The second-order valence-electron chi connectivity index (χ2n) is 4.71. The van der Waals surface area contributed by atoms with Crippen LogP contribution in [0, 0.1) is 0 Å². The summed E-state index contributed by atoms with van der Waals surface area (Å²) in [4.78, 5) is 13.1. The van der Waals surface area contributed by atoms with Gasteiger partial charge >= 0.3 is 0 Å². The van der Waals surface area contributed by atoms with Crippen molar-refractivity contribution in [2.24, 2.45) is 0 Å². The fourth-order valence-electron chi connectivity index (χ4n) is 2.21. The van der Waals surface area contributed by atoms with Gasteiger partial charge in [0.1, 0.15) is 17.8 Å². The summed E-state index contributed by atoms with van der Waals surface area (Å²) in [6.45, 7) is 0.680. The van der Waals surface area contributed by atoms with Gasteiger partial charge in [0.15, 0.2) is 5.65 Å². The Balaban J connectivity index is 1.92. The van der Waals surface area contributed by atoms with Crippen molar-refractivity contribution in [3.05, 3.63) is 47.4 Å².